The van der Waals surface area contributed by atoms with Gasteiger partial charge < -0.3 is 9.80 Å². The molecule has 0 aromatic heterocycles. The van der Waals surface area contributed by atoms with E-state index in [9.17, 15) is 0 Å². The maximum Gasteiger partial charge on any atom is 0.0366 e. The molecule has 1 aliphatic carbocycles. The molecule has 2 nitrogen and oxygen atoms in total. The molecule has 0 spiro atoms. The van der Waals surface area contributed by atoms with E-state index in [4.69, 9.17) is 0 Å². The number of hydrogen-bond acceptors (Lipinski definition) is 2. The van der Waals surface area contributed by atoms with Gasteiger partial charge in [-0.15, -0.1) is 0 Å². The summed E-state index contributed by atoms with van der Waals surface area (Å²) >= 11 is 0. The van der Waals surface area contributed by atoms with Gasteiger partial charge in [-0.3, -0.25) is 0 Å². The van der Waals surface area contributed by atoms with Crippen LogP contribution in [0, 0.1) is 0 Å². The fourth-order valence-corrected chi connectivity index (χ4v) is 4.26. The molecule has 0 unspecified atom stereocenters. The van der Waals surface area contributed by atoms with Gasteiger partial charge >= 0.3 is 0 Å². The van der Waals surface area contributed by atoms with E-state index in [1.165, 1.54) is 52.9 Å². The molecule has 29 heavy (non-hydrogen) atoms. The monoisotopic (exact) mass is 388 g/mol. The third kappa shape index (κ3) is 5.32. The van der Waals surface area contributed by atoms with Crippen LogP contribution in [0.5, 0.6) is 0 Å². The molecule has 1 fully saturated rings. The van der Waals surface area contributed by atoms with Crippen LogP contribution >= 0.6 is 0 Å². The van der Waals surface area contributed by atoms with E-state index < -0.39 is 0 Å². The quantitative estimate of drug-likeness (QED) is 0.479. The molecule has 0 amide bonds. The van der Waals surface area contributed by atoms with Crippen LogP contribution in [-0.2, 0) is 0 Å². The highest BCUT2D eigenvalue weighted by Gasteiger charge is 2.14. The summed E-state index contributed by atoms with van der Waals surface area (Å²) in [5, 5.41) is 0. The zero-order valence-corrected chi connectivity index (χ0v) is 18.6. The summed E-state index contributed by atoms with van der Waals surface area (Å²) in [6, 6.07) is 18.1. The van der Waals surface area contributed by atoms with E-state index in [-0.39, 0.29) is 0 Å². The van der Waals surface area contributed by atoms with Crippen molar-refractivity contribution < 1.29 is 0 Å². The van der Waals surface area contributed by atoms with Crippen molar-refractivity contribution in [3.05, 3.63) is 70.8 Å². The van der Waals surface area contributed by atoms with E-state index in [1.54, 1.807) is 0 Å². The highest BCUT2D eigenvalue weighted by Crippen LogP contribution is 2.34. The van der Waals surface area contributed by atoms with Gasteiger partial charge in [0.1, 0.15) is 0 Å². The maximum absolute atomic E-state index is 2.39. The van der Waals surface area contributed by atoms with Crippen molar-refractivity contribution in [3.63, 3.8) is 0 Å². The average Bonchev–Trinajstić information content (AvgIpc) is 3.18. The molecular weight excluding hydrogens is 352 g/mol. The van der Waals surface area contributed by atoms with Gasteiger partial charge in [0.25, 0.3) is 0 Å². The molecule has 1 aliphatic rings. The lowest BCUT2D eigenvalue weighted by atomic mass is 10.0. The minimum absolute atomic E-state index is 1.05. The second-order valence-electron chi connectivity index (χ2n) is 7.72. The second kappa shape index (κ2) is 10.3. The standard InChI is InChI=1S/C27H36N2/c1-5-28(6-2)26-16-12-22(13-17-26)20-24-10-9-11-25(24)21-23-14-18-27(19-15-23)29(7-3)8-4/h12-21H,5-11H2,1-4H3. The van der Waals surface area contributed by atoms with E-state index in [0.29, 0.717) is 0 Å². The summed E-state index contributed by atoms with van der Waals surface area (Å²) in [4.78, 5) is 4.78. The van der Waals surface area contributed by atoms with Gasteiger partial charge in [0.05, 0.1) is 0 Å². The molecule has 1 saturated carbocycles. The molecular formula is C27H36N2. The topological polar surface area (TPSA) is 6.48 Å². The van der Waals surface area contributed by atoms with E-state index in [2.05, 4.69) is 98.2 Å². The first-order valence-corrected chi connectivity index (χ1v) is 11.3. The largest absolute Gasteiger partial charge is 0.372 e. The Kier molecular flexibility index (Phi) is 7.57. The van der Waals surface area contributed by atoms with E-state index in [1.807, 2.05) is 0 Å². The molecule has 0 radical (unpaired) electrons. The van der Waals surface area contributed by atoms with Crippen LogP contribution in [0.25, 0.3) is 12.2 Å². The van der Waals surface area contributed by atoms with Crippen LogP contribution in [0.3, 0.4) is 0 Å². The van der Waals surface area contributed by atoms with E-state index >= 15 is 0 Å². The Morgan fingerprint density at radius 3 is 1.24 bits per heavy atom. The Morgan fingerprint density at radius 1 is 0.586 bits per heavy atom. The predicted molar refractivity (Wildman–Crippen MR) is 130 cm³/mol. The number of anilines is 2. The Morgan fingerprint density at radius 2 is 0.931 bits per heavy atom. The summed E-state index contributed by atoms with van der Waals surface area (Å²) in [7, 11) is 0. The molecule has 3 rings (SSSR count). The molecule has 0 heterocycles. The van der Waals surface area contributed by atoms with Crippen LogP contribution in [0.4, 0.5) is 11.4 Å². The Balaban J connectivity index is 1.77. The SMILES string of the molecule is CCN(CC)c1ccc(C=C2CCCC2=Cc2ccc(N(CC)CC)cc2)cc1. The van der Waals surface area contributed by atoms with Crippen molar-refractivity contribution >= 4 is 23.5 Å². The molecule has 0 atom stereocenters. The zero-order valence-electron chi connectivity index (χ0n) is 18.6. The number of nitrogens with zero attached hydrogens (tertiary/aromatic N) is 2. The van der Waals surface area contributed by atoms with Gasteiger partial charge in [0.2, 0.25) is 0 Å². The third-order valence-corrected chi connectivity index (χ3v) is 6.03. The van der Waals surface area contributed by atoms with Crippen molar-refractivity contribution in [2.24, 2.45) is 0 Å². The fourth-order valence-electron chi connectivity index (χ4n) is 4.26. The van der Waals surface area contributed by atoms with Crippen molar-refractivity contribution in [1.82, 2.24) is 0 Å². The summed E-state index contributed by atoms with van der Waals surface area (Å²) in [6.07, 6.45) is 8.39. The highest BCUT2D eigenvalue weighted by atomic mass is 15.1. The van der Waals surface area contributed by atoms with Crippen LogP contribution in [-0.4, -0.2) is 26.2 Å². The smallest absolute Gasteiger partial charge is 0.0366 e. The van der Waals surface area contributed by atoms with Crippen molar-refractivity contribution in [2.45, 2.75) is 47.0 Å². The zero-order chi connectivity index (χ0) is 20.6. The van der Waals surface area contributed by atoms with Crippen molar-refractivity contribution in [3.8, 4) is 0 Å². The molecule has 2 heteroatoms. The molecule has 0 N–H and O–H groups in total. The van der Waals surface area contributed by atoms with Gasteiger partial charge in [-0.2, -0.15) is 0 Å². The first-order valence-electron chi connectivity index (χ1n) is 11.3. The summed E-state index contributed by atoms with van der Waals surface area (Å²) in [5.41, 5.74) is 8.23. The van der Waals surface area contributed by atoms with Gasteiger partial charge in [0.15, 0.2) is 0 Å². The van der Waals surface area contributed by atoms with Crippen LogP contribution < -0.4 is 9.80 Å². The second-order valence-corrected chi connectivity index (χ2v) is 7.72. The fraction of sp³-hybridized carbons (Fsp3) is 0.407. The Bertz CT molecular complexity index is 748. The lowest BCUT2D eigenvalue weighted by molar-refractivity contribution is 0.866. The molecule has 154 valence electrons. The minimum Gasteiger partial charge on any atom is -0.372 e. The molecule has 0 aliphatic heterocycles. The summed E-state index contributed by atoms with van der Waals surface area (Å²) in [5.74, 6) is 0. The van der Waals surface area contributed by atoms with Gasteiger partial charge in [-0.1, -0.05) is 36.4 Å². The minimum atomic E-state index is 1.05. The number of allylic oxidation sites excluding steroid dienone is 2. The highest BCUT2D eigenvalue weighted by molar-refractivity contribution is 5.69. The lowest BCUT2D eigenvalue weighted by Gasteiger charge is -2.21. The van der Waals surface area contributed by atoms with Crippen molar-refractivity contribution in [2.75, 3.05) is 36.0 Å². The predicted octanol–water partition coefficient (Wildman–Crippen LogP) is 7.03. The number of benzene rings is 2. The van der Waals surface area contributed by atoms with Crippen LogP contribution in [0.15, 0.2) is 59.7 Å². The Labute approximate surface area is 177 Å². The normalized spacial score (nSPS) is 16.6. The third-order valence-electron chi connectivity index (χ3n) is 6.03. The van der Waals surface area contributed by atoms with Crippen molar-refractivity contribution in [1.29, 1.82) is 0 Å². The maximum atomic E-state index is 2.39. The van der Waals surface area contributed by atoms with Gasteiger partial charge in [-0.25, -0.2) is 0 Å². The summed E-state index contributed by atoms with van der Waals surface area (Å²) in [6.45, 7) is 13.1. The molecule has 0 bridgehead atoms. The van der Waals surface area contributed by atoms with E-state index in [0.717, 1.165) is 26.2 Å². The molecule has 2 aromatic rings. The average molecular weight is 389 g/mol. The number of hydrogen-bond donors (Lipinski definition) is 0. The summed E-state index contributed by atoms with van der Waals surface area (Å²) < 4.78 is 0. The van der Waals surface area contributed by atoms with Gasteiger partial charge in [-0.05, 0) is 93.5 Å². The first-order chi connectivity index (χ1) is 14.2. The van der Waals surface area contributed by atoms with Gasteiger partial charge in [0, 0.05) is 37.6 Å². The van der Waals surface area contributed by atoms with Crippen LogP contribution in [0.1, 0.15) is 58.1 Å². The first kappa shape index (κ1) is 21.2. The van der Waals surface area contributed by atoms with Crippen LogP contribution in [0.2, 0.25) is 0 Å². The Hall–Kier alpha value is -2.48. The molecule has 2 aromatic carbocycles. The lowest BCUT2D eigenvalue weighted by Crippen LogP contribution is -2.21. The molecule has 0 saturated heterocycles. The number of rotatable bonds is 8.